The molecule has 0 aliphatic heterocycles. The highest BCUT2D eigenvalue weighted by molar-refractivity contribution is 6.30. The summed E-state index contributed by atoms with van der Waals surface area (Å²) in [4.78, 5) is 11.5. The van der Waals surface area contributed by atoms with Crippen LogP contribution in [0.2, 0.25) is 5.02 Å². The zero-order valence-corrected chi connectivity index (χ0v) is 11.5. The second-order valence-electron chi connectivity index (χ2n) is 4.79. The minimum atomic E-state index is -0.173. The second kappa shape index (κ2) is 5.54. The number of aromatic nitrogens is 1. The Labute approximate surface area is 121 Å². The normalized spacial score (nSPS) is 14.1. The fraction of sp³-hybridized carbons (Fsp3) is 0.286. The van der Waals surface area contributed by atoms with Gasteiger partial charge in [-0.3, -0.25) is 0 Å². The van der Waals surface area contributed by atoms with Crippen LogP contribution in [0.4, 0.5) is 4.79 Å². The summed E-state index contributed by atoms with van der Waals surface area (Å²) in [5.74, 6) is 0.603. The number of carbonyl (C=O) groups excluding carboxylic acids is 1. The highest BCUT2D eigenvalue weighted by Gasteiger charge is 2.23. The fourth-order valence-electron chi connectivity index (χ4n) is 1.81. The molecule has 0 unspecified atom stereocenters. The van der Waals surface area contributed by atoms with Gasteiger partial charge in [0.15, 0.2) is 5.76 Å². The van der Waals surface area contributed by atoms with Crippen LogP contribution in [-0.2, 0) is 6.54 Å². The molecule has 0 atom stereocenters. The molecule has 5 nitrogen and oxygen atoms in total. The van der Waals surface area contributed by atoms with Gasteiger partial charge in [-0.1, -0.05) is 28.9 Å². The van der Waals surface area contributed by atoms with E-state index in [9.17, 15) is 4.79 Å². The van der Waals surface area contributed by atoms with Gasteiger partial charge in [0.05, 0.1) is 6.54 Å². The van der Waals surface area contributed by atoms with E-state index in [2.05, 4.69) is 15.8 Å². The van der Waals surface area contributed by atoms with E-state index in [1.54, 1.807) is 12.1 Å². The largest absolute Gasteiger partial charge is 0.359 e. The van der Waals surface area contributed by atoms with Gasteiger partial charge in [-0.25, -0.2) is 4.79 Å². The van der Waals surface area contributed by atoms with Crippen LogP contribution in [0.15, 0.2) is 34.9 Å². The van der Waals surface area contributed by atoms with Crippen molar-refractivity contribution >= 4 is 17.6 Å². The van der Waals surface area contributed by atoms with Crippen LogP contribution < -0.4 is 10.6 Å². The van der Waals surface area contributed by atoms with E-state index < -0.39 is 0 Å². The first-order valence-electron chi connectivity index (χ1n) is 6.46. The highest BCUT2D eigenvalue weighted by Crippen LogP contribution is 2.22. The lowest BCUT2D eigenvalue weighted by atomic mass is 10.1. The van der Waals surface area contributed by atoms with Crippen LogP contribution in [0, 0.1) is 0 Å². The number of benzene rings is 1. The molecular weight excluding hydrogens is 278 g/mol. The average Bonchev–Trinajstić information content (AvgIpc) is 3.11. The van der Waals surface area contributed by atoms with Crippen molar-refractivity contribution in [3.63, 3.8) is 0 Å². The summed E-state index contributed by atoms with van der Waals surface area (Å²) in [6.45, 7) is 0.312. The van der Waals surface area contributed by atoms with Crippen LogP contribution in [0.1, 0.15) is 18.6 Å². The van der Waals surface area contributed by atoms with Crippen molar-refractivity contribution < 1.29 is 9.32 Å². The van der Waals surface area contributed by atoms with E-state index in [-0.39, 0.29) is 6.03 Å². The Bertz CT molecular complexity index is 622. The van der Waals surface area contributed by atoms with E-state index in [4.69, 9.17) is 16.1 Å². The third-order valence-electron chi connectivity index (χ3n) is 3.02. The molecule has 2 aromatic rings. The summed E-state index contributed by atoms with van der Waals surface area (Å²) >= 11 is 5.93. The van der Waals surface area contributed by atoms with Crippen molar-refractivity contribution in [1.82, 2.24) is 15.8 Å². The SMILES string of the molecule is O=C(NCc1cc(-c2cccc(Cl)c2)no1)NC1CC1. The first-order valence-corrected chi connectivity index (χ1v) is 6.84. The first-order chi connectivity index (χ1) is 9.70. The Balaban J connectivity index is 1.60. The predicted molar refractivity (Wildman–Crippen MR) is 75.3 cm³/mol. The monoisotopic (exact) mass is 291 g/mol. The Hall–Kier alpha value is -2.01. The van der Waals surface area contributed by atoms with E-state index in [1.165, 1.54) is 0 Å². The zero-order valence-electron chi connectivity index (χ0n) is 10.7. The number of carbonyl (C=O) groups is 1. The highest BCUT2D eigenvalue weighted by atomic mass is 35.5. The van der Waals surface area contributed by atoms with E-state index >= 15 is 0 Å². The molecule has 1 heterocycles. The summed E-state index contributed by atoms with van der Waals surface area (Å²) in [5, 5.41) is 10.2. The molecule has 6 heteroatoms. The van der Waals surface area contributed by atoms with Gasteiger partial charge in [0.25, 0.3) is 0 Å². The van der Waals surface area contributed by atoms with Crippen LogP contribution in [0.25, 0.3) is 11.3 Å². The molecule has 1 aromatic heterocycles. The van der Waals surface area contributed by atoms with Crippen molar-refractivity contribution in [1.29, 1.82) is 0 Å². The van der Waals surface area contributed by atoms with Gasteiger partial charge < -0.3 is 15.2 Å². The third-order valence-corrected chi connectivity index (χ3v) is 3.25. The molecule has 1 fully saturated rings. The molecule has 3 rings (SSSR count). The van der Waals surface area contributed by atoms with Gasteiger partial charge in [-0.05, 0) is 25.0 Å². The van der Waals surface area contributed by atoms with Crippen molar-refractivity contribution in [3.05, 3.63) is 41.1 Å². The topological polar surface area (TPSA) is 67.2 Å². The molecule has 0 bridgehead atoms. The summed E-state index contributed by atoms with van der Waals surface area (Å²) in [5.41, 5.74) is 1.59. The molecule has 0 radical (unpaired) electrons. The number of amides is 2. The Morgan fingerprint density at radius 3 is 3.00 bits per heavy atom. The van der Waals surface area contributed by atoms with E-state index in [0.29, 0.717) is 29.1 Å². The molecule has 1 aromatic carbocycles. The molecule has 2 amide bonds. The number of halogens is 1. The summed E-state index contributed by atoms with van der Waals surface area (Å²) in [7, 11) is 0. The van der Waals surface area contributed by atoms with Gasteiger partial charge in [-0.2, -0.15) is 0 Å². The number of nitrogens with one attached hydrogen (secondary N) is 2. The minimum absolute atomic E-state index is 0.173. The lowest BCUT2D eigenvalue weighted by molar-refractivity contribution is 0.238. The summed E-state index contributed by atoms with van der Waals surface area (Å²) < 4.78 is 5.19. The van der Waals surface area contributed by atoms with Crippen molar-refractivity contribution in [2.45, 2.75) is 25.4 Å². The summed E-state index contributed by atoms with van der Waals surface area (Å²) in [6.07, 6.45) is 2.13. The molecule has 104 valence electrons. The van der Waals surface area contributed by atoms with Crippen LogP contribution in [0.5, 0.6) is 0 Å². The number of hydrogen-bond donors (Lipinski definition) is 2. The van der Waals surface area contributed by atoms with Gasteiger partial charge in [0, 0.05) is 22.7 Å². The molecule has 20 heavy (non-hydrogen) atoms. The number of nitrogens with zero attached hydrogens (tertiary/aromatic N) is 1. The quantitative estimate of drug-likeness (QED) is 0.910. The van der Waals surface area contributed by atoms with Gasteiger partial charge in [0.2, 0.25) is 0 Å². The van der Waals surface area contributed by atoms with Crippen LogP contribution in [0.3, 0.4) is 0 Å². The summed E-state index contributed by atoms with van der Waals surface area (Å²) in [6, 6.07) is 9.34. The Morgan fingerprint density at radius 1 is 1.40 bits per heavy atom. The predicted octanol–water partition coefficient (Wildman–Crippen LogP) is 2.96. The number of hydrogen-bond acceptors (Lipinski definition) is 3. The van der Waals surface area contributed by atoms with Crippen molar-refractivity contribution in [2.24, 2.45) is 0 Å². The minimum Gasteiger partial charge on any atom is -0.359 e. The maximum absolute atomic E-state index is 11.5. The van der Waals surface area contributed by atoms with E-state index in [0.717, 1.165) is 18.4 Å². The van der Waals surface area contributed by atoms with Gasteiger partial charge in [-0.15, -0.1) is 0 Å². The van der Waals surface area contributed by atoms with Crippen LogP contribution >= 0.6 is 11.6 Å². The molecular formula is C14H14ClN3O2. The number of rotatable bonds is 4. The molecule has 1 saturated carbocycles. The fourth-order valence-corrected chi connectivity index (χ4v) is 2.00. The lowest BCUT2D eigenvalue weighted by Gasteiger charge is -2.03. The van der Waals surface area contributed by atoms with E-state index in [1.807, 2.05) is 18.2 Å². The van der Waals surface area contributed by atoms with Gasteiger partial charge in [0.1, 0.15) is 5.69 Å². The Kier molecular flexibility index (Phi) is 3.60. The number of urea groups is 1. The molecule has 0 spiro atoms. The smallest absolute Gasteiger partial charge is 0.315 e. The molecule has 1 aliphatic rings. The standard InChI is InChI=1S/C14H14ClN3O2/c15-10-3-1-2-9(6-10)13-7-12(20-18-13)8-16-14(19)17-11-4-5-11/h1-3,6-7,11H,4-5,8H2,(H2,16,17,19). The molecule has 2 N–H and O–H groups in total. The van der Waals surface area contributed by atoms with Gasteiger partial charge >= 0.3 is 6.03 Å². The van der Waals surface area contributed by atoms with Crippen LogP contribution in [-0.4, -0.2) is 17.2 Å². The lowest BCUT2D eigenvalue weighted by Crippen LogP contribution is -2.36. The second-order valence-corrected chi connectivity index (χ2v) is 5.23. The zero-order chi connectivity index (χ0) is 13.9. The van der Waals surface area contributed by atoms with Crippen molar-refractivity contribution in [2.75, 3.05) is 0 Å². The maximum atomic E-state index is 11.5. The Morgan fingerprint density at radius 2 is 2.25 bits per heavy atom. The third kappa shape index (κ3) is 3.30. The first kappa shape index (κ1) is 13.0. The molecule has 0 saturated heterocycles. The average molecular weight is 292 g/mol. The molecule has 1 aliphatic carbocycles. The van der Waals surface area contributed by atoms with Crippen molar-refractivity contribution in [3.8, 4) is 11.3 Å². The maximum Gasteiger partial charge on any atom is 0.315 e.